The van der Waals surface area contributed by atoms with Crippen LogP contribution in [0.2, 0.25) is 0 Å². The van der Waals surface area contributed by atoms with Crippen molar-refractivity contribution >= 4 is 10.0 Å². The van der Waals surface area contributed by atoms with Crippen molar-refractivity contribution in [3.8, 4) is 0 Å². The van der Waals surface area contributed by atoms with Crippen LogP contribution in [-0.4, -0.2) is 31.7 Å². The third kappa shape index (κ3) is 6.09. The van der Waals surface area contributed by atoms with E-state index >= 15 is 0 Å². The first-order valence-electron chi connectivity index (χ1n) is 6.01. The van der Waals surface area contributed by atoms with Gasteiger partial charge in [0.15, 0.2) is 0 Å². The fourth-order valence-corrected chi connectivity index (χ4v) is 2.27. The van der Waals surface area contributed by atoms with Crippen molar-refractivity contribution < 1.29 is 8.42 Å². The van der Waals surface area contributed by atoms with Crippen molar-refractivity contribution in [2.24, 2.45) is 0 Å². The maximum absolute atomic E-state index is 11.7. The lowest BCUT2D eigenvalue weighted by Crippen LogP contribution is -2.34. The smallest absolute Gasteiger partial charge is 0.213 e. The minimum Gasteiger partial charge on any atom is -0.313 e. The molecule has 0 aliphatic rings. The Morgan fingerprint density at radius 1 is 1.33 bits per heavy atom. The first-order valence-corrected chi connectivity index (χ1v) is 7.66. The van der Waals surface area contributed by atoms with Gasteiger partial charge in [-0.2, -0.15) is 0 Å². The Balaban J connectivity index is 2.39. The SMILES string of the molecule is Cc1ccc(CNS(=O)(=O)CCNC(C)C)cn1. The van der Waals surface area contributed by atoms with Gasteiger partial charge in [0.1, 0.15) is 0 Å². The van der Waals surface area contributed by atoms with Crippen LogP contribution in [0, 0.1) is 6.92 Å². The van der Waals surface area contributed by atoms with E-state index < -0.39 is 10.0 Å². The lowest BCUT2D eigenvalue weighted by Gasteiger charge is -2.09. The van der Waals surface area contributed by atoms with E-state index in [1.54, 1.807) is 6.20 Å². The van der Waals surface area contributed by atoms with E-state index in [1.807, 2.05) is 32.9 Å². The van der Waals surface area contributed by atoms with E-state index in [-0.39, 0.29) is 12.3 Å². The number of rotatable bonds is 7. The third-order valence-electron chi connectivity index (χ3n) is 2.39. The molecule has 1 rings (SSSR count). The zero-order valence-electron chi connectivity index (χ0n) is 11.1. The maximum Gasteiger partial charge on any atom is 0.213 e. The third-order valence-corrected chi connectivity index (χ3v) is 3.72. The predicted octanol–water partition coefficient (Wildman–Crippen LogP) is 0.807. The first kappa shape index (κ1) is 15.1. The van der Waals surface area contributed by atoms with Crippen LogP contribution in [0.15, 0.2) is 18.3 Å². The Labute approximate surface area is 109 Å². The highest BCUT2D eigenvalue weighted by atomic mass is 32.2. The highest BCUT2D eigenvalue weighted by molar-refractivity contribution is 7.89. The minimum atomic E-state index is -3.23. The van der Waals surface area contributed by atoms with Crippen molar-refractivity contribution in [3.05, 3.63) is 29.6 Å². The summed E-state index contributed by atoms with van der Waals surface area (Å²) in [6.45, 7) is 6.61. The lowest BCUT2D eigenvalue weighted by atomic mass is 10.2. The molecule has 1 heterocycles. The van der Waals surface area contributed by atoms with Gasteiger partial charge in [-0.15, -0.1) is 0 Å². The van der Waals surface area contributed by atoms with Gasteiger partial charge in [0.05, 0.1) is 5.75 Å². The van der Waals surface area contributed by atoms with Gasteiger partial charge < -0.3 is 5.32 Å². The van der Waals surface area contributed by atoms with Crippen LogP contribution in [0.1, 0.15) is 25.1 Å². The summed E-state index contributed by atoms with van der Waals surface area (Å²) >= 11 is 0. The molecule has 0 aliphatic carbocycles. The van der Waals surface area contributed by atoms with Crippen molar-refractivity contribution in [2.45, 2.75) is 33.4 Å². The van der Waals surface area contributed by atoms with Crippen LogP contribution in [-0.2, 0) is 16.6 Å². The largest absolute Gasteiger partial charge is 0.313 e. The molecule has 0 aromatic carbocycles. The van der Waals surface area contributed by atoms with Crippen molar-refractivity contribution in [1.29, 1.82) is 0 Å². The molecule has 5 nitrogen and oxygen atoms in total. The average Bonchev–Trinajstić information content (AvgIpc) is 2.27. The Morgan fingerprint density at radius 3 is 2.61 bits per heavy atom. The van der Waals surface area contributed by atoms with Crippen molar-refractivity contribution in [1.82, 2.24) is 15.0 Å². The molecule has 0 spiro atoms. The summed E-state index contributed by atoms with van der Waals surface area (Å²) in [4.78, 5) is 4.12. The molecule has 0 amide bonds. The van der Waals surface area contributed by atoms with E-state index in [9.17, 15) is 8.42 Å². The van der Waals surface area contributed by atoms with Crippen LogP contribution in [0.5, 0.6) is 0 Å². The molecule has 1 aromatic rings. The fourth-order valence-electron chi connectivity index (χ4n) is 1.35. The first-order chi connectivity index (χ1) is 8.39. The number of hydrogen-bond donors (Lipinski definition) is 2. The second kappa shape index (κ2) is 6.82. The molecule has 0 bridgehead atoms. The summed E-state index contributed by atoms with van der Waals surface area (Å²) < 4.78 is 25.9. The molecule has 18 heavy (non-hydrogen) atoms. The molecule has 0 atom stereocenters. The molecular weight excluding hydrogens is 250 g/mol. The van der Waals surface area contributed by atoms with Crippen LogP contribution >= 0.6 is 0 Å². The normalized spacial score (nSPS) is 12.0. The Hall–Kier alpha value is -0.980. The van der Waals surface area contributed by atoms with E-state index in [0.29, 0.717) is 12.6 Å². The number of aryl methyl sites for hydroxylation is 1. The molecule has 1 aromatic heterocycles. The number of hydrogen-bond acceptors (Lipinski definition) is 4. The van der Waals surface area contributed by atoms with Gasteiger partial charge in [-0.25, -0.2) is 13.1 Å². The van der Waals surface area contributed by atoms with Crippen LogP contribution in [0.3, 0.4) is 0 Å². The van der Waals surface area contributed by atoms with Crippen LogP contribution in [0.25, 0.3) is 0 Å². The standard InChI is InChI=1S/C12H21N3O2S/c1-10(2)13-6-7-18(16,17)15-9-12-5-4-11(3)14-8-12/h4-5,8,10,13,15H,6-7,9H2,1-3H3. The Morgan fingerprint density at radius 2 is 2.06 bits per heavy atom. The van der Waals surface area contributed by atoms with Crippen LogP contribution < -0.4 is 10.0 Å². The molecule has 6 heteroatoms. The molecule has 0 fully saturated rings. The summed E-state index contributed by atoms with van der Waals surface area (Å²) in [6, 6.07) is 4.03. The lowest BCUT2D eigenvalue weighted by molar-refractivity contribution is 0.566. The Kier molecular flexibility index (Phi) is 5.71. The number of pyridine rings is 1. The average molecular weight is 271 g/mol. The van der Waals surface area contributed by atoms with Gasteiger partial charge in [0.2, 0.25) is 10.0 Å². The van der Waals surface area contributed by atoms with Crippen molar-refractivity contribution in [2.75, 3.05) is 12.3 Å². The summed E-state index contributed by atoms with van der Waals surface area (Å²) in [5.41, 5.74) is 1.78. The molecule has 102 valence electrons. The van der Waals surface area contributed by atoms with Gasteiger partial charge in [0.25, 0.3) is 0 Å². The van der Waals surface area contributed by atoms with E-state index in [0.717, 1.165) is 11.3 Å². The zero-order chi connectivity index (χ0) is 13.6. The number of sulfonamides is 1. The predicted molar refractivity (Wildman–Crippen MR) is 72.7 cm³/mol. The monoisotopic (exact) mass is 271 g/mol. The molecule has 0 radical (unpaired) electrons. The van der Waals surface area contributed by atoms with E-state index in [2.05, 4.69) is 15.0 Å². The Bertz CT molecular complexity index is 455. The highest BCUT2D eigenvalue weighted by Crippen LogP contribution is 1.99. The summed E-state index contributed by atoms with van der Waals surface area (Å²) in [6.07, 6.45) is 1.68. The molecule has 0 saturated carbocycles. The van der Waals surface area contributed by atoms with Gasteiger partial charge in [-0.1, -0.05) is 19.9 Å². The molecule has 0 aliphatic heterocycles. The molecule has 0 saturated heterocycles. The van der Waals surface area contributed by atoms with Gasteiger partial charge in [-0.05, 0) is 18.6 Å². The summed E-state index contributed by atoms with van der Waals surface area (Å²) in [7, 11) is -3.23. The second-order valence-corrected chi connectivity index (χ2v) is 6.48. The minimum absolute atomic E-state index is 0.0878. The molecular formula is C12H21N3O2S. The van der Waals surface area contributed by atoms with Gasteiger partial charge >= 0.3 is 0 Å². The van der Waals surface area contributed by atoms with E-state index in [1.165, 1.54) is 0 Å². The van der Waals surface area contributed by atoms with Crippen LogP contribution in [0.4, 0.5) is 0 Å². The number of aromatic nitrogens is 1. The zero-order valence-corrected chi connectivity index (χ0v) is 11.9. The molecule has 0 unspecified atom stereocenters. The maximum atomic E-state index is 11.7. The fraction of sp³-hybridized carbons (Fsp3) is 0.583. The molecule has 2 N–H and O–H groups in total. The second-order valence-electron chi connectivity index (χ2n) is 4.56. The summed E-state index contributed by atoms with van der Waals surface area (Å²) in [5.74, 6) is 0.0878. The summed E-state index contributed by atoms with van der Waals surface area (Å²) in [5, 5.41) is 3.08. The van der Waals surface area contributed by atoms with Crippen molar-refractivity contribution in [3.63, 3.8) is 0 Å². The number of nitrogens with one attached hydrogen (secondary N) is 2. The number of nitrogens with zero attached hydrogens (tertiary/aromatic N) is 1. The highest BCUT2D eigenvalue weighted by Gasteiger charge is 2.09. The van der Waals surface area contributed by atoms with Gasteiger partial charge in [-0.3, -0.25) is 4.98 Å². The van der Waals surface area contributed by atoms with E-state index in [4.69, 9.17) is 0 Å². The quantitative estimate of drug-likeness (QED) is 0.770. The van der Waals surface area contributed by atoms with Gasteiger partial charge in [0, 0.05) is 31.0 Å². The topological polar surface area (TPSA) is 71.1 Å².